The molecule has 0 spiro atoms. The van der Waals surface area contributed by atoms with E-state index in [1.807, 2.05) is 0 Å². The highest BCUT2D eigenvalue weighted by atomic mass is 35.5. The second kappa shape index (κ2) is 19.1. The summed E-state index contributed by atoms with van der Waals surface area (Å²) in [6.07, 6.45) is 0. The third kappa shape index (κ3) is 8.37. The molecule has 0 fully saturated rings. The molecule has 9 aromatic rings. The summed E-state index contributed by atoms with van der Waals surface area (Å²) >= 11 is 12.9. The molecule has 2 unspecified atom stereocenters. The lowest BCUT2D eigenvalue weighted by Crippen LogP contribution is -2.29. The van der Waals surface area contributed by atoms with E-state index in [0.29, 0.717) is 66.5 Å². The Balaban J connectivity index is 0.853. The average Bonchev–Trinajstić information content (AvgIpc) is 4.40. The van der Waals surface area contributed by atoms with E-state index >= 15 is 0 Å². The molecule has 0 radical (unpaired) electrons. The number of nitro groups is 2. The highest BCUT2D eigenvalue weighted by Crippen LogP contribution is 2.49. The van der Waals surface area contributed by atoms with Crippen LogP contribution in [-0.4, -0.2) is 95.8 Å². The Hall–Kier alpha value is -7.74. The Bertz CT molecular complexity index is 3990. The van der Waals surface area contributed by atoms with Crippen LogP contribution >= 0.6 is 23.2 Å². The van der Waals surface area contributed by atoms with Crippen molar-refractivity contribution in [1.29, 1.82) is 0 Å². The summed E-state index contributed by atoms with van der Waals surface area (Å²) in [7, 11) is -8.76. The number of hydrogen-bond acceptors (Lipinski definition) is 15. The maximum Gasteiger partial charge on any atom is 0.294 e. The number of non-ortho nitro benzene ring substituents is 2. The van der Waals surface area contributed by atoms with E-state index in [1.165, 1.54) is 60.0 Å². The van der Waals surface area contributed by atoms with Crippen molar-refractivity contribution in [2.75, 3.05) is 47.7 Å². The third-order valence-corrected chi connectivity index (χ3v) is 18.1. The van der Waals surface area contributed by atoms with Gasteiger partial charge in [0.05, 0.1) is 41.8 Å². The van der Waals surface area contributed by atoms with Gasteiger partial charge in [0, 0.05) is 83.8 Å². The molecule has 2 aliphatic heterocycles. The van der Waals surface area contributed by atoms with Gasteiger partial charge in [0.2, 0.25) is 0 Å². The topological polar surface area (TPSA) is 282 Å². The quantitative estimate of drug-likeness (QED) is 0.0581. The molecule has 0 saturated carbocycles. The molecule has 2 aliphatic rings. The molecular formula is C52H40Cl2N6O15S2. The Morgan fingerprint density at radius 3 is 1.35 bits per heavy atom. The van der Waals surface area contributed by atoms with E-state index in [2.05, 4.69) is 0 Å². The van der Waals surface area contributed by atoms with E-state index in [0.717, 1.165) is 12.1 Å². The number of sulfonamides is 2. The van der Waals surface area contributed by atoms with E-state index in [-0.39, 0.29) is 90.3 Å². The highest BCUT2D eigenvalue weighted by Gasteiger charge is 2.40. The minimum atomic E-state index is -4.38. The minimum Gasteiger partial charge on any atom is -0.456 e. The van der Waals surface area contributed by atoms with Gasteiger partial charge in [-0.2, -0.15) is 0 Å². The fraction of sp³-hybridized carbons (Fsp3) is 0.192. The zero-order chi connectivity index (χ0) is 54.6. The van der Waals surface area contributed by atoms with Gasteiger partial charge in [0.25, 0.3) is 43.2 Å². The van der Waals surface area contributed by atoms with Crippen LogP contribution in [0.15, 0.2) is 132 Å². The van der Waals surface area contributed by atoms with Crippen molar-refractivity contribution in [2.45, 2.75) is 35.5 Å². The van der Waals surface area contributed by atoms with Gasteiger partial charge in [0.1, 0.15) is 22.7 Å². The zero-order valence-electron chi connectivity index (χ0n) is 40.2. The number of amides is 2. The van der Waals surface area contributed by atoms with E-state index in [1.54, 1.807) is 60.7 Å². The number of carbonyl (C=O) groups excluding carboxylic acids is 2. The summed E-state index contributed by atoms with van der Waals surface area (Å²) in [6, 6.07) is 27.0. The van der Waals surface area contributed by atoms with Crippen molar-refractivity contribution in [1.82, 2.24) is 8.94 Å². The number of benzene rings is 6. The highest BCUT2D eigenvalue weighted by molar-refractivity contribution is 7.89. The molecule has 0 aliphatic carbocycles. The minimum absolute atomic E-state index is 0.00558. The molecule has 2 N–H and O–H groups in total. The number of hydrogen-bond donors (Lipinski definition) is 2. The normalized spacial score (nSPS) is 15.7. The van der Waals surface area contributed by atoms with Gasteiger partial charge in [-0.15, -0.1) is 23.2 Å². The summed E-state index contributed by atoms with van der Waals surface area (Å²) < 4.78 is 70.5. The summed E-state index contributed by atoms with van der Waals surface area (Å²) in [5.74, 6) is -1.30. The van der Waals surface area contributed by atoms with Crippen molar-refractivity contribution in [3.63, 3.8) is 0 Å². The van der Waals surface area contributed by atoms with Crippen LogP contribution in [0.3, 0.4) is 0 Å². The summed E-state index contributed by atoms with van der Waals surface area (Å²) in [5.41, 5.74) is 2.56. The smallest absolute Gasteiger partial charge is 0.294 e. The number of fused-ring (bicyclic) bond motifs is 8. The lowest BCUT2D eigenvalue weighted by atomic mass is 9.95. The van der Waals surface area contributed by atoms with Crippen LogP contribution in [0.1, 0.15) is 57.9 Å². The number of halogens is 2. The van der Waals surface area contributed by atoms with Gasteiger partial charge < -0.3 is 23.1 Å². The van der Waals surface area contributed by atoms with Crippen molar-refractivity contribution in [2.24, 2.45) is 0 Å². The van der Waals surface area contributed by atoms with Crippen LogP contribution < -0.4 is 9.80 Å². The molecule has 2 amide bonds. The SMILES string of the molecule is CCN(O)S(=O)(=O)c1ccc2c3c(cc([N+](=O)[O-])c2c1)N(C(=O)c1cc2cc(-c4ccc(-c5ccc6oc(C(=O)N7CC(CCl)c8c7cc([N+](=O)[O-])c7cc(S(=O)(=O)N(O)CC)ccc87)cc6c5)o4)ccc2o1)CC3CCl. The molecule has 77 heavy (non-hydrogen) atoms. The molecule has 3 aromatic heterocycles. The van der Waals surface area contributed by atoms with Gasteiger partial charge in [-0.1, -0.05) is 21.1 Å². The first kappa shape index (κ1) is 51.4. The number of furan rings is 3. The van der Waals surface area contributed by atoms with Gasteiger partial charge in [-0.3, -0.25) is 40.2 Å². The van der Waals surface area contributed by atoms with Gasteiger partial charge >= 0.3 is 0 Å². The lowest BCUT2D eigenvalue weighted by molar-refractivity contribution is -0.383. The molecule has 6 aromatic carbocycles. The maximum atomic E-state index is 14.3. The standard InChI is InChI=1S/C52H40Cl2N6O15S2/c1-3-57(63)76(69,70)33-7-9-35-37(19-33)39(59(65)66)21-41-49(35)31(23-53)25-55(41)51(61)47-17-29-15-27(5-11-45(29)74-47)43-13-14-44(73-43)28-6-12-46-30(16-28)18-48(75-46)52(62)56-26-32(24-54)50-36-10-8-34(77(71,72)58(64)4-2)20-38(36)40(60(67)68)22-42(50)56/h5-22,31-32,63-64H,3-4,23-26H2,1-2H3. The fourth-order valence-corrected chi connectivity index (χ4v) is 13.0. The third-order valence-electron chi connectivity index (χ3n) is 14.0. The van der Waals surface area contributed by atoms with Crippen LogP contribution in [0.2, 0.25) is 0 Å². The predicted molar refractivity (Wildman–Crippen MR) is 283 cm³/mol. The average molecular weight is 1120 g/mol. The molecule has 25 heteroatoms. The number of hydroxylamine groups is 2. The maximum absolute atomic E-state index is 14.3. The second-order valence-electron chi connectivity index (χ2n) is 18.3. The molecule has 0 bridgehead atoms. The van der Waals surface area contributed by atoms with Crippen LogP contribution in [0, 0.1) is 20.2 Å². The first-order valence-electron chi connectivity index (χ1n) is 23.6. The number of rotatable bonds is 14. The lowest BCUT2D eigenvalue weighted by Gasteiger charge is -2.17. The molecule has 5 heterocycles. The number of carbonyl (C=O) groups is 2. The van der Waals surface area contributed by atoms with E-state index in [4.69, 9.17) is 36.5 Å². The monoisotopic (exact) mass is 1120 g/mol. The zero-order valence-corrected chi connectivity index (χ0v) is 43.4. The number of nitro benzene ring substituents is 2. The first-order chi connectivity index (χ1) is 36.8. The summed E-state index contributed by atoms with van der Waals surface area (Å²) in [4.78, 5) is 54.1. The molecule has 2 atom stereocenters. The second-order valence-corrected chi connectivity index (χ2v) is 22.6. The number of anilines is 2. The van der Waals surface area contributed by atoms with Crippen LogP contribution in [0.5, 0.6) is 0 Å². The molecule has 0 saturated heterocycles. The summed E-state index contributed by atoms with van der Waals surface area (Å²) in [6.45, 7) is 2.44. The van der Waals surface area contributed by atoms with E-state index in [9.17, 15) is 57.1 Å². The Kier molecular flexibility index (Phi) is 12.7. The fourth-order valence-electron chi connectivity index (χ4n) is 10.3. The van der Waals surface area contributed by atoms with Crippen LogP contribution in [0.25, 0.3) is 66.1 Å². The molecule has 21 nitrogen and oxygen atoms in total. The van der Waals surface area contributed by atoms with Gasteiger partial charge in [-0.05, 0) is 121 Å². The number of alkyl halides is 2. The molecular weight excluding hydrogens is 1080 g/mol. The Labute approximate surface area is 445 Å². The Morgan fingerprint density at radius 1 is 0.584 bits per heavy atom. The van der Waals surface area contributed by atoms with E-state index < -0.39 is 64.9 Å². The van der Waals surface area contributed by atoms with Crippen LogP contribution in [-0.2, 0) is 20.0 Å². The largest absolute Gasteiger partial charge is 0.456 e. The van der Waals surface area contributed by atoms with Gasteiger partial charge in [-0.25, -0.2) is 16.8 Å². The number of nitrogens with zero attached hydrogens (tertiary/aromatic N) is 6. The van der Waals surface area contributed by atoms with Gasteiger partial charge in [0.15, 0.2) is 11.5 Å². The van der Waals surface area contributed by atoms with Crippen molar-refractivity contribution >= 4 is 121 Å². The van der Waals surface area contributed by atoms with Crippen molar-refractivity contribution in [3.05, 3.63) is 152 Å². The van der Waals surface area contributed by atoms with Crippen molar-refractivity contribution in [3.8, 4) is 22.6 Å². The van der Waals surface area contributed by atoms with Crippen molar-refractivity contribution < 1.29 is 59.9 Å². The predicted octanol–water partition coefficient (Wildman–Crippen LogP) is 11.0. The molecule has 11 rings (SSSR count). The van der Waals surface area contributed by atoms with Crippen LogP contribution in [0.4, 0.5) is 22.7 Å². The first-order valence-corrected chi connectivity index (χ1v) is 27.6. The summed E-state index contributed by atoms with van der Waals surface area (Å²) in [5, 5.41) is 46.8. The molecule has 394 valence electrons. The Morgan fingerprint density at radius 2 is 0.987 bits per heavy atom.